The van der Waals surface area contributed by atoms with Crippen molar-refractivity contribution in [2.45, 2.75) is 25.1 Å². The Balaban J connectivity index is 1.61. The molecule has 0 saturated heterocycles. The van der Waals surface area contributed by atoms with Crippen molar-refractivity contribution in [3.8, 4) is 11.3 Å². The quantitative estimate of drug-likeness (QED) is 0.513. The van der Waals surface area contributed by atoms with Gasteiger partial charge in [0, 0.05) is 29.1 Å². The zero-order valence-corrected chi connectivity index (χ0v) is 16.6. The summed E-state index contributed by atoms with van der Waals surface area (Å²) in [7, 11) is 0. The van der Waals surface area contributed by atoms with E-state index in [-0.39, 0.29) is 5.91 Å². The highest BCUT2D eigenvalue weighted by molar-refractivity contribution is 8.01. The van der Waals surface area contributed by atoms with Gasteiger partial charge in [-0.3, -0.25) is 9.78 Å². The molecule has 7 heteroatoms. The third-order valence-corrected chi connectivity index (χ3v) is 5.61. The monoisotopic (exact) mass is 384 g/mol. The van der Waals surface area contributed by atoms with Crippen molar-refractivity contribution in [2.75, 3.05) is 12.3 Å². The van der Waals surface area contributed by atoms with Crippen LogP contribution in [0, 0.1) is 20.8 Å². The smallest absolute Gasteiger partial charge is 0.251 e. The van der Waals surface area contributed by atoms with Crippen LogP contribution in [0.5, 0.6) is 0 Å². The molecule has 0 spiro atoms. The number of thioether (sulfide) groups is 1. The molecule has 0 saturated carbocycles. The summed E-state index contributed by atoms with van der Waals surface area (Å²) in [5.41, 5.74) is 4.60. The zero-order valence-electron chi connectivity index (χ0n) is 14.9. The highest BCUT2D eigenvalue weighted by Crippen LogP contribution is 2.22. The van der Waals surface area contributed by atoms with Crippen LogP contribution in [-0.4, -0.2) is 33.4 Å². The number of aryl methyl sites for hydroxylation is 3. The van der Waals surface area contributed by atoms with Crippen LogP contribution in [0.15, 0.2) is 40.7 Å². The summed E-state index contributed by atoms with van der Waals surface area (Å²) in [6.45, 7) is 6.53. The van der Waals surface area contributed by atoms with E-state index in [1.807, 2.05) is 57.2 Å². The minimum Gasteiger partial charge on any atom is -0.351 e. The Morgan fingerprint density at radius 1 is 1.15 bits per heavy atom. The van der Waals surface area contributed by atoms with Gasteiger partial charge >= 0.3 is 0 Å². The number of amides is 1. The molecular formula is C19H20N4OS2. The number of carbonyl (C=O) groups excluding carboxylic acids is 1. The van der Waals surface area contributed by atoms with Gasteiger partial charge in [-0.1, -0.05) is 35.2 Å². The van der Waals surface area contributed by atoms with E-state index < -0.39 is 0 Å². The number of nitrogens with zero attached hydrogens (tertiary/aromatic N) is 3. The maximum atomic E-state index is 12.4. The topological polar surface area (TPSA) is 67.8 Å². The van der Waals surface area contributed by atoms with Crippen LogP contribution in [0.25, 0.3) is 11.3 Å². The van der Waals surface area contributed by atoms with Crippen LogP contribution in [0.1, 0.15) is 26.6 Å². The molecule has 1 N–H and O–H groups in total. The number of benzene rings is 1. The van der Waals surface area contributed by atoms with Gasteiger partial charge in [-0.25, -0.2) is 0 Å². The highest BCUT2D eigenvalue weighted by Gasteiger charge is 2.09. The molecule has 2 aromatic heterocycles. The van der Waals surface area contributed by atoms with Crippen LogP contribution in [0.4, 0.5) is 0 Å². The summed E-state index contributed by atoms with van der Waals surface area (Å²) in [6, 6.07) is 11.6. The number of carbonyl (C=O) groups is 1. The van der Waals surface area contributed by atoms with Gasteiger partial charge in [-0.05, 0) is 50.6 Å². The summed E-state index contributed by atoms with van der Waals surface area (Å²) >= 11 is 3.17. The fourth-order valence-corrected chi connectivity index (χ4v) is 4.29. The van der Waals surface area contributed by atoms with Gasteiger partial charge in [-0.2, -0.15) is 0 Å². The highest BCUT2D eigenvalue weighted by atomic mass is 32.2. The Hall–Kier alpha value is -2.25. The van der Waals surface area contributed by atoms with Crippen molar-refractivity contribution in [3.63, 3.8) is 0 Å². The second kappa shape index (κ2) is 8.42. The molecule has 134 valence electrons. The molecule has 0 atom stereocenters. The lowest BCUT2D eigenvalue weighted by molar-refractivity contribution is 0.0956. The average Bonchev–Trinajstić information content (AvgIpc) is 3.03. The first-order chi connectivity index (χ1) is 12.5. The molecule has 0 fully saturated rings. The Bertz CT molecular complexity index is 903. The minimum absolute atomic E-state index is 0.0785. The number of hydrogen-bond acceptors (Lipinski definition) is 6. The number of pyridine rings is 1. The van der Waals surface area contributed by atoms with Crippen molar-refractivity contribution in [2.24, 2.45) is 0 Å². The molecule has 1 amide bonds. The predicted octanol–water partition coefficient (Wildman–Crippen LogP) is 4.05. The average molecular weight is 385 g/mol. The van der Waals surface area contributed by atoms with Crippen molar-refractivity contribution in [1.82, 2.24) is 20.5 Å². The summed E-state index contributed by atoms with van der Waals surface area (Å²) in [5.74, 6) is 0.684. The van der Waals surface area contributed by atoms with Gasteiger partial charge in [0.05, 0.1) is 5.69 Å². The Kier molecular flexibility index (Phi) is 6.00. The lowest BCUT2D eigenvalue weighted by Gasteiger charge is -2.08. The number of aromatic nitrogens is 3. The molecule has 5 nitrogen and oxygen atoms in total. The van der Waals surface area contributed by atoms with Gasteiger partial charge in [0.1, 0.15) is 5.01 Å². The first-order valence-corrected chi connectivity index (χ1v) is 10.1. The summed E-state index contributed by atoms with van der Waals surface area (Å²) in [5, 5.41) is 12.0. The minimum atomic E-state index is -0.0785. The molecule has 0 radical (unpaired) electrons. The largest absolute Gasteiger partial charge is 0.351 e. The molecule has 0 bridgehead atoms. The molecule has 1 aromatic carbocycles. The van der Waals surface area contributed by atoms with E-state index in [0.717, 1.165) is 37.6 Å². The molecule has 0 aliphatic heterocycles. The molecule has 2 heterocycles. The van der Waals surface area contributed by atoms with E-state index in [0.29, 0.717) is 12.1 Å². The maximum absolute atomic E-state index is 12.4. The third-order valence-electron chi connectivity index (χ3n) is 3.64. The van der Waals surface area contributed by atoms with E-state index in [4.69, 9.17) is 0 Å². The molecular weight excluding hydrogens is 364 g/mol. The SMILES string of the molecule is Cc1cc(C)nc(-c2cccc(C(=O)NCCSc3nnc(C)s3)c2)c1. The molecule has 3 rings (SSSR count). The zero-order chi connectivity index (χ0) is 18.5. The van der Waals surface area contributed by atoms with Crippen molar-refractivity contribution in [1.29, 1.82) is 0 Å². The maximum Gasteiger partial charge on any atom is 0.251 e. The Morgan fingerprint density at radius 3 is 2.73 bits per heavy atom. The normalized spacial score (nSPS) is 10.7. The standard InChI is InChI=1S/C19H20N4OS2/c1-12-9-13(2)21-17(10-12)15-5-4-6-16(11-15)18(24)20-7-8-25-19-23-22-14(3)26-19/h4-6,9-11H,7-8H2,1-3H3,(H,20,24). The summed E-state index contributed by atoms with van der Waals surface area (Å²) in [6.07, 6.45) is 0. The summed E-state index contributed by atoms with van der Waals surface area (Å²) < 4.78 is 0.930. The van der Waals surface area contributed by atoms with Crippen molar-refractivity contribution >= 4 is 29.0 Å². The fraction of sp³-hybridized carbons (Fsp3) is 0.263. The lowest BCUT2D eigenvalue weighted by Crippen LogP contribution is -2.25. The van der Waals surface area contributed by atoms with Crippen LogP contribution in [0.2, 0.25) is 0 Å². The predicted molar refractivity (Wildman–Crippen MR) is 107 cm³/mol. The van der Waals surface area contributed by atoms with Gasteiger partial charge in [0.25, 0.3) is 5.91 Å². The van der Waals surface area contributed by atoms with Crippen LogP contribution >= 0.6 is 23.1 Å². The lowest BCUT2D eigenvalue weighted by atomic mass is 10.1. The fourth-order valence-electron chi connectivity index (χ4n) is 2.55. The second-order valence-corrected chi connectivity index (χ2v) is 8.47. The summed E-state index contributed by atoms with van der Waals surface area (Å²) in [4.78, 5) is 17.0. The second-order valence-electron chi connectivity index (χ2n) is 5.94. The molecule has 0 aliphatic carbocycles. The first-order valence-electron chi connectivity index (χ1n) is 8.28. The molecule has 3 aromatic rings. The van der Waals surface area contributed by atoms with E-state index in [1.54, 1.807) is 23.1 Å². The van der Waals surface area contributed by atoms with E-state index in [9.17, 15) is 4.79 Å². The number of nitrogens with one attached hydrogen (secondary N) is 1. The van der Waals surface area contributed by atoms with Crippen molar-refractivity contribution in [3.05, 3.63) is 58.2 Å². The molecule has 0 aliphatic rings. The van der Waals surface area contributed by atoms with Crippen LogP contribution in [-0.2, 0) is 0 Å². The Morgan fingerprint density at radius 2 is 2.00 bits per heavy atom. The van der Waals surface area contributed by atoms with E-state index in [1.165, 1.54) is 0 Å². The van der Waals surface area contributed by atoms with Gasteiger partial charge in [0.2, 0.25) is 0 Å². The van der Waals surface area contributed by atoms with Gasteiger partial charge < -0.3 is 5.32 Å². The van der Waals surface area contributed by atoms with Gasteiger partial charge in [0.15, 0.2) is 4.34 Å². The molecule has 26 heavy (non-hydrogen) atoms. The Labute approximate surface area is 161 Å². The molecule has 0 unspecified atom stereocenters. The van der Waals surface area contributed by atoms with E-state index in [2.05, 4.69) is 20.5 Å². The number of rotatable bonds is 6. The van der Waals surface area contributed by atoms with Crippen molar-refractivity contribution < 1.29 is 4.79 Å². The third kappa shape index (κ3) is 4.89. The van der Waals surface area contributed by atoms with Gasteiger partial charge in [-0.15, -0.1) is 10.2 Å². The van der Waals surface area contributed by atoms with E-state index >= 15 is 0 Å². The number of hydrogen-bond donors (Lipinski definition) is 1. The van der Waals surface area contributed by atoms with Crippen LogP contribution in [0.3, 0.4) is 0 Å². The first kappa shape index (κ1) is 18.5. The van der Waals surface area contributed by atoms with Crippen LogP contribution < -0.4 is 5.32 Å².